The summed E-state index contributed by atoms with van der Waals surface area (Å²) in [6.07, 6.45) is -3.82. The van der Waals surface area contributed by atoms with Crippen LogP contribution >= 0.6 is 15.9 Å². The summed E-state index contributed by atoms with van der Waals surface area (Å²) in [5.74, 6) is -0.886. The van der Waals surface area contributed by atoms with Crippen LogP contribution in [0, 0.1) is 6.92 Å². The van der Waals surface area contributed by atoms with Gasteiger partial charge in [-0.05, 0) is 47.1 Å². The number of benzene rings is 2. The van der Waals surface area contributed by atoms with E-state index in [4.69, 9.17) is 0 Å². The number of carbonyl (C=O) groups is 1. The summed E-state index contributed by atoms with van der Waals surface area (Å²) in [5.41, 5.74) is -0.169. The van der Waals surface area contributed by atoms with Gasteiger partial charge in [-0.1, -0.05) is 29.8 Å². The van der Waals surface area contributed by atoms with E-state index in [0.717, 1.165) is 16.4 Å². The minimum atomic E-state index is -4.75. The standard InChI is InChI=1S/C18H13BrF3N3O/c1-11-6-8-12(9-7-11)25-16(18(20,21)22)13(10-23-25)17(26)24-15-5-3-2-4-14(15)19/h2-10H,1H3,(H,24,26). The Labute approximate surface area is 155 Å². The SMILES string of the molecule is Cc1ccc(-n2ncc(C(=O)Nc3ccccc3Br)c2C(F)(F)F)cc1. The molecular weight excluding hydrogens is 411 g/mol. The van der Waals surface area contributed by atoms with Gasteiger partial charge in [0.15, 0.2) is 5.69 Å². The number of rotatable bonds is 3. The van der Waals surface area contributed by atoms with Crippen LogP contribution in [0.2, 0.25) is 0 Å². The predicted octanol–water partition coefficient (Wildman–Crippen LogP) is 5.21. The van der Waals surface area contributed by atoms with Crippen molar-refractivity contribution >= 4 is 27.5 Å². The van der Waals surface area contributed by atoms with E-state index >= 15 is 0 Å². The largest absolute Gasteiger partial charge is 0.434 e. The highest BCUT2D eigenvalue weighted by molar-refractivity contribution is 9.10. The zero-order valence-corrected chi connectivity index (χ0v) is 15.1. The quantitative estimate of drug-likeness (QED) is 0.627. The van der Waals surface area contributed by atoms with Crippen molar-refractivity contribution in [3.8, 4) is 5.69 Å². The van der Waals surface area contributed by atoms with Crippen molar-refractivity contribution in [2.24, 2.45) is 0 Å². The molecule has 1 aromatic heterocycles. The van der Waals surface area contributed by atoms with Crippen molar-refractivity contribution in [3.63, 3.8) is 0 Å². The van der Waals surface area contributed by atoms with Crippen molar-refractivity contribution in [2.45, 2.75) is 13.1 Å². The fourth-order valence-corrected chi connectivity index (χ4v) is 2.81. The molecule has 0 bridgehead atoms. The molecule has 4 nitrogen and oxygen atoms in total. The number of aryl methyl sites for hydroxylation is 1. The molecule has 26 heavy (non-hydrogen) atoms. The summed E-state index contributed by atoms with van der Waals surface area (Å²) < 4.78 is 42.2. The molecule has 134 valence electrons. The van der Waals surface area contributed by atoms with Gasteiger partial charge in [-0.2, -0.15) is 18.3 Å². The lowest BCUT2D eigenvalue weighted by atomic mass is 10.2. The molecule has 0 aliphatic heterocycles. The number of anilines is 1. The molecule has 3 aromatic rings. The first kappa shape index (κ1) is 18.2. The number of hydrogen-bond donors (Lipinski definition) is 1. The molecule has 0 saturated heterocycles. The second-order valence-corrected chi connectivity index (χ2v) is 6.44. The Morgan fingerprint density at radius 3 is 2.38 bits per heavy atom. The highest BCUT2D eigenvalue weighted by atomic mass is 79.9. The van der Waals surface area contributed by atoms with Gasteiger partial charge in [0.25, 0.3) is 5.91 Å². The van der Waals surface area contributed by atoms with E-state index in [2.05, 4.69) is 26.3 Å². The van der Waals surface area contributed by atoms with Crippen LogP contribution < -0.4 is 5.32 Å². The minimum Gasteiger partial charge on any atom is -0.321 e. The Balaban J connectivity index is 2.04. The molecule has 1 heterocycles. The Bertz CT molecular complexity index is 949. The monoisotopic (exact) mass is 423 g/mol. The number of carbonyl (C=O) groups excluding carboxylic acids is 1. The maximum Gasteiger partial charge on any atom is 0.434 e. The van der Waals surface area contributed by atoms with Gasteiger partial charge in [0, 0.05) is 4.47 Å². The van der Waals surface area contributed by atoms with Crippen molar-refractivity contribution in [1.29, 1.82) is 0 Å². The molecule has 0 fully saturated rings. The second kappa shape index (κ2) is 6.95. The van der Waals surface area contributed by atoms with Crippen LogP contribution in [0.1, 0.15) is 21.6 Å². The smallest absolute Gasteiger partial charge is 0.321 e. The Hall–Kier alpha value is -2.61. The van der Waals surface area contributed by atoms with Crippen LogP contribution in [0.15, 0.2) is 59.2 Å². The van der Waals surface area contributed by atoms with E-state index in [-0.39, 0.29) is 5.69 Å². The first-order chi connectivity index (χ1) is 12.3. The number of amides is 1. The van der Waals surface area contributed by atoms with E-state index in [1.165, 1.54) is 12.1 Å². The van der Waals surface area contributed by atoms with Crippen LogP contribution in [0.4, 0.5) is 18.9 Å². The molecule has 0 unspecified atom stereocenters. The normalized spacial score (nSPS) is 11.4. The molecule has 0 spiro atoms. The fraction of sp³-hybridized carbons (Fsp3) is 0.111. The van der Waals surface area contributed by atoms with E-state index in [1.807, 2.05) is 6.92 Å². The number of nitrogens with zero attached hydrogens (tertiary/aromatic N) is 2. The van der Waals surface area contributed by atoms with Crippen molar-refractivity contribution in [3.05, 3.63) is 76.0 Å². The van der Waals surface area contributed by atoms with Crippen molar-refractivity contribution in [2.75, 3.05) is 5.32 Å². The Morgan fingerprint density at radius 2 is 1.77 bits per heavy atom. The highest BCUT2D eigenvalue weighted by Crippen LogP contribution is 2.34. The summed E-state index contributed by atoms with van der Waals surface area (Å²) >= 11 is 3.25. The molecule has 1 amide bonds. The van der Waals surface area contributed by atoms with Gasteiger partial charge in [-0.3, -0.25) is 4.79 Å². The molecule has 2 aromatic carbocycles. The third-order valence-electron chi connectivity index (χ3n) is 3.68. The lowest BCUT2D eigenvalue weighted by molar-refractivity contribution is -0.143. The summed E-state index contributed by atoms with van der Waals surface area (Å²) in [6.45, 7) is 1.83. The van der Waals surface area contributed by atoms with E-state index in [0.29, 0.717) is 10.2 Å². The summed E-state index contributed by atoms with van der Waals surface area (Å²) in [5, 5.41) is 6.27. The van der Waals surface area contributed by atoms with Crippen LogP contribution in [-0.4, -0.2) is 15.7 Å². The maximum atomic E-state index is 13.6. The van der Waals surface area contributed by atoms with Gasteiger partial charge in [0.2, 0.25) is 0 Å². The first-order valence-electron chi connectivity index (χ1n) is 7.55. The highest BCUT2D eigenvalue weighted by Gasteiger charge is 2.40. The van der Waals surface area contributed by atoms with Gasteiger partial charge in [0.1, 0.15) is 0 Å². The molecule has 0 aliphatic carbocycles. The molecule has 3 rings (SSSR count). The lowest BCUT2D eigenvalue weighted by Crippen LogP contribution is -2.20. The number of halogens is 4. The maximum absolute atomic E-state index is 13.6. The van der Waals surface area contributed by atoms with Crippen LogP contribution in [0.25, 0.3) is 5.69 Å². The first-order valence-corrected chi connectivity index (χ1v) is 8.35. The van der Waals surface area contributed by atoms with E-state index in [1.54, 1.807) is 36.4 Å². The van der Waals surface area contributed by atoms with Crippen LogP contribution in [0.5, 0.6) is 0 Å². The zero-order valence-electron chi connectivity index (χ0n) is 13.5. The predicted molar refractivity (Wildman–Crippen MR) is 95.4 cm³/mol. The fourth-order valence-electron chi connectivity index (χ4n) is 2.42. The molecule has 0 atom stereocenters. The van der Waals surface area contributed by atoms with Gasteiger partial charge >= 0.3 is 6.18 Å². The average molecular weight is 424 g/mol. The van der Waals surface area contributed by atoms with Gasteiger partial charge < -0.3 is 5.32 Å². The second-order valence-electron chi connectivity index (χ2n) is 5.59. The van der Waals surface area contributed by atoms with Crippen molar-refractivity contribution < 1.29 is 18.0 Å². The summed E-state index contributed by atoms with van der Waals surface area (Å²) in [7, 11) is 0. The van der Waals surface area contributed by atoms with Crippen LogP contribution in [0.3, 0.4) is 0 Å². The Kier molecular flexibility index (Phi) is 4.86. The zero-order chi connectivity index (χ0) is 18.9. The number of aromatic nitrogens is 2. The number of para-hydroxylation sites is 1. The average Bonchev–Trinajstić information content (AvgIpc) is 3.03. The van der Waals surface area contributed by atoms with Crippen LogP contribution in [-0.2, 0) is 6.18 Å². The van der Waals surface area contributed by atoms with E-state index < -0.39 is 23.3 Å². The molecule has 0 radical (unpaired) electrons. The number of hydrogen-bond acceptors (Lipinski definition) is 2. The third kappa shape index (κ3) is 3.65. The van der Waals surface area contributed by atoms with Crippen molar-refractivity contribution in [1.82, 2.24) is 9.78 Å². The Morgan fingerprint density at radius 1 is 1.12 bits per heavy atom. The number of nitrogens with one attached hydrogen (secondary N) is 1. The number of alkyl halides is 3. The van der Waals surface area contributed by atoms with Gasteiger partial charge in [0.05, 0.1) is 23.1 Å². The lowest BCUT2D eigenvalue weighted by Gasteiger charge is -2.13. The molecule has 0 saturated carbocycles. The molecule has 1 N–H and O–H groups in total. The third-order valence-corrected chi connectivity index (χ3v) is 4.37. The molecular formula is C18H13BrF3N3O. The summed E-state index contributed by atoms with van der Waals surface area (Å²) in [4.78, 5) is 12.4. The molecule has 0 aliphatic rings. The summed E-state index contributed by atoms with van der Waals surface area (Å²) in [6, 6.07) is 13.1. The topological polar surface area (TPSA) is 46.9 Å². The minimum absolute atomic E-state index is 0.225. The van der Waals surface area contributed by atoms with Gasteiger partial charge in [-0.15, -0.1) is 0 Å². The van der Waals surface area contributed by atoms with Gasteiger partial charge in [-0.25, -0.2) is 4.68 Å². The molecule has 8 heteroatoms. The van der Waals surface area contributed by atoms with E-state index in [9.17, 15) is 18.0 Å².